The van der Waals surface area contributed by atoms with Crippen LogP contribution in [0.4, 0.5) is 0 Å². The van der Waals surface area contributed by atoms with Crippen molar-refractivity contribution in [2.75, 3.05) is 39.3 Å². The van der Waals surface area contributed by atoms with Crippen molar-refractivity contribution in [1.82, 2.24) is 9.80 Å². The van der Waals surface area contributed by atoms with Gasteiger partial charge in [-0.05, 0) is 38.8 Å². The molecule has 0 aromatic rings. The third kappa shape index (κ3) is 2.94. The van der Waals surface area contributed by atoms with Crippen LogP contribution in [0.15, 0.2) is 0 Å². The Morgan fingerprint density at radius 3 is 1.93 bits per heavy atom. The van der Waals surface area contributed by atoms with Crippen LogP contribution in [0.1, 0.15) is 25.7 Å². The van der Waals surface area contributed by atoms with Crippen LogP contribution in [0, 0.1) is 0 Å². The van der Waals surface area contributed by atoms with Crippen molar-refractivity contribution in [1.29, 1.82) is 0 Å². The Labute approximate surface area is 86.7 Å². The van der Waals surface area contributed by atoms with Gasteiger partial charge in [0.2, 0.25) is 0 Å². The molecule has 0 aliphatic carbocycles. The number of hydrogen-bond donors (Lipinski definition) is 1. The number of hydrogen-bond acceptors (Lipinski definition) is 3. The van der Waals surface area contributed by atoms with Crippen LogP contribution in [-0.2, 0) is 0 Å². The lowest BCUT2D eigenvalue weighted by molar-refractivity contribution is 0.0782. The molecular formula is C11H22N2O. The molecule has 3 nitrogen and oxygen atoms in total. The molecule has 0 aromatic heterocycles. The second kappa shape index (κ2) is 5.10. The molecule has 0 aromatic carbocycles. The lowest BCUT2D eigenvalue weighted by Gasteiger charge is -2.30. The van der Waals surface area contributed by atoms with E-state index in [1.165, 1.54) is 39.0 Å². The lowest BCUT2D eigenvalue weighted by atomic mass is 10.1. The molecule has 0 saturated carbocycles. The van der Waals surface area contributed by atoms with E-state index in [1.807, 2.05) is 0 Å². The van der Waals surface area contributed by atoms with Gasteiger partial charge in [0.15, 0.2) is 0 Å². The zero-order valence-electron chi connectivity index (χ0n) is 8.99. The van der Waals surface area contributed by atoms with Gasteiger partial charge in [-0.2, -0.15) is 0 Å². The summed E-state index contributed by atoms with van der Waals surface area (Å²) in [6, 6.07) is 0. The van der Waals surface area contributed by atoms with E-state index in [2.05, 4.69) is 9.80 Å². The van der Waals surface area contributed by atoms with Crippen LogP contribution in [-0.4, -0.2) is 60.3 Å². The average molecular weight is 198 g/mol. The van der Waals surface area contributed by atoms with E-state index >= 15 is 0 Å². The van der Waals surface area contributed by atoms with Gasteiger partial charge in [0.25, 0.3) is 0 Å². The van der Waals surface area contributed by atoms with Crippen molar-refractivity contribution in [2.45, 2.75) is 31.8 Å². The first-order chi connectivity index (χ1) is 6.84. The van der Waals surface area contributed by atoms with Crippen molar-refractivity contribution in [3.63, 3.8) is 0 Å². The monoisotopic (exact) mass is 198 g/mol. The number of aliphatic hydroxyl groups excluding tert-OH is 1. The minimum absolute atomic E-state index is 0.0296. The quantitative estimate of drug-likeness (QED) is 0.717. The Balaban J connectivity index is 1.60. The Kier molecular flexibility index (Phi) is 3.79. The summed E-state index contributed by atoms with van der Waals surface area (Å²) in [5.41, 5.74) is 0. The van der Waals surface area contributed by atoms with E-state index in [-0.39, 0.29) is 6.10 Å². The molecule has 1 N–H and O–H groups in total. The number of nitrogens with zero attached hydrogens (tertiary/aromatic N) is 2. The van der Waals surface area contributed by atoms with Crippen LogP contribution < -0.4 is 0 Å². The molecule has 2 heterocycles. The average Bonchev–Trinajstić information content (AvgIpc) is 2.70. The van der Waals surface area contributed by atoms with E-state index in [1.54, 1.807) is 0 Å². The van der Waals surface area contributed by atoms with E-state index in [4.69, 9.17) is 0 Å². The molecule has 14 heavy (non-hydrogen) atoms. The third-order valence-corrected chi connectivity index (χ3v) is 3.49. The Hall–Kier alpha value is -0.120. The predicted molar refractivity (Wildman–Crippen MR) is 57.4 cm³/mol. The molecule has 2 saturated heterocycles. The fourth-order valence-corrected chi connectivity index (χ4v) is 2.43. The van der Waals surface area contributed by atoms with Crippen molar-refractivity contribution in [3.8, 4) is 0 Å². The molecule has 0 bridgehead atoms. The lowest BCUT2D eigenvalue weighted by Crippen LogP contribution is -2.40. The summed E-state index contributed by atoms with van der Waals surface area (Å²) < 4.78 is 0. The number of rotatable bonds is 3. The second-order valence-corrected chi connectivity index (χ2v) is 4.62. The van der Waals surface area contributed by atoms with E-state index < -0.39 is 0 Å². The highest BCUT2D eigenvalue weighted by Crippen LogP contribution is 2.11. The van der Waals surface area contributed by atoms with Crippen molar-refractivity contribution < 1.29 is 5.11 Å². The van der Waals surface area contributed by atoms with Gasteiger partial charge in [0, 0.05) is 26.2 Å². The number of piperidine rings is 1. The number of aliphatic hydroxyl groups is 1. The summed E-state index contributed by atoms with van der Waals surface area (Å²) in [4.78, 5) is 5.05. The molecule has 82 valence electrons. The largest absolute Gasteiger partial charge is 0.393 e. The minimum atomic E-state index is -0.0296. The molecule has 0 spiro atoms. The van der Waals surface area contributed by atoms with Crippen molar-refractivity contribution >= 4 is 0 Å². The highest BCUT2D eigenvalue weighted by molar-refractivity contribution is 4.73. The van der Waals surface area contributed by atoms with Gasteiger partial charge >= 0.3 is 0 Å². The van der Waals surface area contributed by atoms with Crippen molar-refractivity contribution in [2.24, 2.45) is 0 Å². The minimum Gasteiger partial charge on any atom is -0.393 e. The molecular weight excluding hydrogens is 176 g/mol. The molecule has 0 amide bonds. The van der Waals surface area contributed by atoms with Gasteiger partial charge < -0.3 is 14.9 Å². The topological polar surface area (TPSA) is 26.7 Å². The Bertz CT molecular complexity index is 161. The molecule has 0 radical (unpaired) electrons. The number of likely N-dealkylation sites (tertiary alicyclic amines) is 2. The first kappa shape index (κ1) is 10.4. The maximum atomic E-state index is 9.37. The van der Waals surface area contributed by atoms with E-state index in [9.17, 15) is 5.11 Å². The molecule has 3 heteroatoms. The van der Waals surface area contributed by atoms with Gasteiger partial charge in [-0.15, -0.1) is 0 Å². The second-order valence-electron chi connectivity index (χ2n) is 4.62. The zero-order chi connectivity index (χ0) is 9.80. The smallest absolute Gasteiger partial charge is 0.0564 e. The summed E-state index contributed by atoms with van der Waals surface area (Å²) in [7, 11) is 0. The van der Waals surface area contributed by atoms with Gasteiger partial charge in [-0.1, -0.05) is 0 Å². The van der Waals surface area contributed by atoms with E-state index in [0.717, 1.165) is 25.9 Å². The van der Waals surface area contributed by atoms with Crippen LogP contribution in [0.5, 0.6) is 0 Å². The van der Waals surface area contributed by atoms with Gasteiger partial charge in [-0.3, -0.25) is 0 Å². The molecule has 0 atom stereocenters. The molecule has 2 fully saturated rings. The molecule has 2 aliphatic heterocycles. The third-order valence-electron chi connectivity index (χ3n) is 3.49. The fourth-order valence-electron chi connectivity index (χ4n) is 2.43. The molecule has 2 aliphatic rings. The maximum absolute atomic E-state index is 9.37. The molecule has 0 unspecified atom stereocenters. The van der Waals surface area contributed by atoms with Crippen LogP contribution >= 0.6 is 0 Å². The standard InChI is InChI=1S/C11H22N2O/c14-11-3-7-13(8-4-11)10-9-12-5-1-2-6-12/h11,14H,1-10H2. The fraction of sp³-hybridized carbons (Fsp3) is 1.00. The Morgan fingerprint density at radius 2 is 1.36 bits per heavy atom. The summed E-state index contributed by atoms with van der Waals surface area (Å²) in [6.45, 7) is 7.22. The summed E-state index contributed by atoms with van der Waals surface area (Å²) in [6.07, 6.45) is 4.69. The highest BCUT2D eigenvalue weighted by Gasteiger charge is 2.18. The van der Waals surface area contributed by atoms with Gasteiger partial charge in [-0.25, -0.2) is 0 Å². The summed E-state index contributed by atoms with van der Waals surface area (Å²) in [5, 5.41) is 9.37. The van der Waals surface area contributed by atoms with Crippen LogP contribution in [0.2, 0.25) is 0 Å². The first-order valence-corrected chi connectivity index (χ1v) is 5.97. The van der Waals surface area contributed by atoms with Crippen LogP contribution in [0.25, 0.3) is 0 Å². The Morgan fingerprint density at radius 1 is 0.857 bits per heavy atom. The highest BCUT2D eigenvalue weighted by atomic mass is 16.3. The van der Waals surface area contributed by atoms with Gasteiger partial charge in [0.1, 0.15) is 0 Å². The van der Waals surface area contributed by atoms with Crippen LogP contribution in [0.3, 0.4) is 0 Å². The summed E-state index contributed by atoms with van der Waals surface area (Å²) in [5.74, 6) is 0. The van der Waals surface area contributed by atoms with E-state index in [0.29, 0.717) is 0 Å². The summed E-state index contributed by atoms with van der Waals surface area (Å²) >= 11 is 0. The normalized spacial score (nSPS) is 27.2. The molecule has 2 rings (SSSR count). The predicted octanol–water partition coefficient (Wildman–Crippen LogP) is 0.539. The first-order valence-electron chi connectivity index (χ1n) is 5.97. The maximum Gasteiger partial charge on any atom is 0.0564 e. The van der Waals surface area contributed by atoms with Gasteiger partial charge in [0.05, 0.1) is 6.10 Å². The SMILES string of the molecule is OC1CCN(CCN2CCCC2)CC1. The van der Waals surface area contributed by atoms with Crippen molar-refractivity contribution in [3.05, 3.63) is 0 Å². The zero-order valence-corrected chi connectivity index (χ0v) is 8.99.